The van der Waals surface area contributed by atoms with Gasteiger partial charge in [0.2, 0.25) is 0 Å². The van der Waals surface area contributed by atoms with Crippen molar-refractivity contribution in [2.45, 2.75) is 9.10 Å². The first-order valence-corrected chi connectivity index (χ1v) is 12.9. The molecule has 1 aromatic heterocycles. The lowest BCUT2D eigenvalue weighted by Crippen LogP contribution is -2.47. The van der Waals surface area contributed by atoms with Crippen LogP contribution in [0.25, 0.3) is 0 Å². The first-order chi connectivity index (χ1) is 15.0. The number of thiophene rings is 1. The lowest BCUT2D eigenvalue weighted by atomic mass is 10.2. The molecule has 0 atom stereocenters. The van der Waals surface area contributed by atoms with E-state index in [1.165, 1.54) is 18.2 Å². The minimum Gasteiger partial charge on any atom is -0.361 e. The fourth-order valence-electron chi connectivity index (χ4n) is 2.46. The molecule has 31 heavy (non-hydrogen) atoms. The second kappa shape index (κ2) is 11.1. The topological polar surface area (TPSA) is 99.3 Å². The molecule has 0 aliphatic heterocycles. The summed E-state index contributed by atoms with van der Waals surface area (Å²) in [7, 11) is -3.77. The van der Waals surface area contributed by atoms with Gasteiger partial charge in [0.05, 0.1) is 11.3 Å². The average molecular weight is 493 g/mol. The quantitative estimate of drug-likeness (QED) is 0.165. The number of carbonyl (C=O) groups excluding carboxylic acids is 1. The summed E-state index contributed by atoms with van der Waals surface area (Å²) < 4.78 is 27.6. The van der Waals surface area contributed by atoms with Crippen molar-refractivity contribution >= 4 is 62.0 Å². The molecule has 4 N–H and O–H groups in total. The van der Waals surface area contributed by atoms with E-state index in [1.54, 1.807) is 35.3 Å². The Hall–Kier alpha value is -2.60. The van der Waals surface area contributed by atoms with Crippen molar-refractivity contribution in [1.82, 2.24) is 16.2 Å². The molecule has 0 bridgehead atoms. The van der Waals surface area contributed by atoms with Gasteiger partial charge in [0.1, 0.15) is 4.21 Å². The number of hydrogen-bond donors (Lipinski definition) is 4. The number of anilines is 1. The molecule has 3 rings (SSSR count). The van der Waals surface area contributed by atoms with Gasteiger partial charge in [-0.3, -0.25) is 20.4 Å². The molecule has 0 fully saturated rings. The van der Waals surface area contributed by atoms with Crippen LogP contribution in [0.5, 0.6) is 0 Å². The maximum atomic E-state index is 12.6. The van der Waals surface area contributed by atoms with Gasteiger partial charge in [-0.2, -0.15) is 0 Å². The molecule has 0 aliphatic carbocycles. The monoisotopic (exact) mass is 492 g/mol. The van der Waals surface area contributed by atoms with E-state index in [1.807, 2.05) is 30.3 Å². The summed E-state index contributed by atoms with van der Waals surface area (Å²) in [4.78, 5) is 13.7. The van der Waals surface area contributed by atoms with Crippen LogP contribution in [0.3, 0.4) is 0 Å². The van der Waals surface area contributed by atoms with Gasteiger partial charge in [0.15, 0.2) is 5.11 Å². The highest BCUT2D eigenvalue weighted by molar-refractivity contribution is 7.99. The summed E-state index contributed by atoms with van der Waals surface area (Å²) in [6.45, 7) is 0.610. The van der Waals surface area contributed by atoms with Gasteiger partial charge in [-0.25, -0.2) is 8.42 Å². The SMILES string of the molecule is O=C(NNC(=S)NCCSc1ccccc1)c1ccccc1NS(=O)(=O)c1cccs1. The summed E-state index contributed by atoms with van der Waals surface area (Å²) >= 11 is 7.95. The van der Waals surface area contributed by atoms with Crippen molar-refractivity contribution in [2.24, 2.45) is 0 Å². The Labute approximate surface area is 194 Å². The summed E-state index contributed by atoms with van der Waals surface area (Å²) in [5, 5.41) is 4.94. The molecule has 0 saturated carbocycles. The predicted molar refractivity (Wildman–Crippen MR) is 130 cm³/mol. The fourth-order valence-corrected chi connectivity index (χ4v) is 5.47. The number of nitrogens with one attached hydrogen (secondary N) is 4. The van der Waals surface area contributed by atoms with Crippen LogP contribution in [-0.4, -0.2) is 31.7 Å². The summed E-state index contributed by atoms with van der Waals surface area (Å²) in [6.07, 6.45) is 0. The number of thioether (sulfide) groups is 1. The zero-order chi connectivity index (χ0) is 22.1. The van der Waals surface area contributed by atoms with Gasteiger partial charge in [0.25, 0.3) is 15.9 Å². The Kier molecular flexibility index (Phi) is 8.29. The molecule has 2 aromatic carbocycles. The molecule has 0 spiro atoms. The van der Waals surface area contributed by atoms with Gasteiger partial charge in [-0.15, -0.1) is 23.1 Å². The van der Waals surface area contributed by atoms with E-state index in [-0.39, 0.29) is 20.6 Å². The second-order valence-electron chi connectivity index (χ2n) is 6.08. The Morgan fingerprint density at radius 2 is 1.71 bits per heavy atom. The number of carbonyl (C=O) groups is 1. The minimum absolute atomic E-state index is 0.164. The fraction of sp³-hybridized carbons (Fsp3) is 0.100. The molecule has 162 valence electrons. The standard InChI is InChI=1S/C20H20N4O3S4/c25-19(22-23-20(28)21-12-14-29-15-7-2-1-3-8-15)16-9-4-5-10-17(16)24-31(26,27)18-11-6-13-30-18/h1-11,13,24H,12,14H2,(H,22,25)(H2,21,23,28). The lowest BCUT2D eigenvalue weighted by molar-refractivity contribution is 0.0944. The van der Waals surface area contributed by atoms with E-state index in [0.717, 1.165) is 22.0 Å². The number of thiocarbonyl (C=S) groups is 1. The molecular formula is C20H20N4O3S4. The highest BCUT2D eigenvalue weighted by atomic mass is 32.2. The van der Waals surface area contributed by atoms with Crippen LogP contribution < -0.4 is 20.9 Å². The summed E-state index contributed by atoms with van der Waals surface area (Å²) in [5.74, 6) is 0.278. The highest BCUT2D eigenvalue weighted by Gasteiger charge is 2.19. The van der Waals surface area contributed by atoms with Crippen LogP contribution in [0, 0.1) is 0 Å². The number of rotatable bonds is 8. The number of hydrogen-bond acceptors (Lipinski definition) is 6. The number of sulfonamides is 1. The smallest absolute Gasteiger partial charge is 0.271 e. The van der Waals surface area contributed by atoms with E-state index >= 15 is 0 Å². The maximum absolute atomic E-state index is 12.6. The van der Waals surface area contributed by atoms with Crippen LogP contribution >= 0.6 is 35.3 Å². The largest absolute Gasteiger partial charge is 0.361 e. The zero-order valence-corrected chi connectivity index (χ0v) is 19.5. The third-order valence-corrected chi connectivity index (χ3v) is 7.89. The van der Waals surface area contributed by atoms with Crippen molar-refractivity contribution in [3.63, 3.8) is 0 Å². The van der Waals surface area contributed by atoms with Crippen LogP contribution in [0.4, 0.5) is 5.69 Å². The molecule has 1 amide bonds. The number of hydrazine groups is 1. The van der Waals surface area contributed by atoms with E-state index in [4.69, 9.17) is 12.2 Å². The number of amides is 1. The molecule has 0 radical (unpaired) electrons. The molecular weight excluding hydrogens is 473 g/mol. The Bertz CT molecular complexity index is 1120. The van der Waals surface area contributed by atoms with E-state index in [0.29, 0.717) is 6.54 Å². The van der Waals surface area contributed by atoms with Crippen LogP contribution in [0.1, 0.15) is 10.4 Å². The van der Waals surface area contributed by atoms with Gasteiger partial charge >= 0.3 is 0 Å². The van der Waals surface area contributed by atoms with Crippen molar-refractivity contribution in [1.29, 1.82) is 0 Å². The van der Waals surface area contributed by atoms with Gasteiger partial charge < -0.3 is 5.32 Å². The molecule has 3 aromatic rings. The number of para-hydroxylation sites is 1. The Morgan fingerprint density at radius 3 is 2.45 bits per heavy atom. The molecule has 11 heteroatoms. The third kappa shape index (κ3) is 6.96. The highest BCUT2D eigenvalue weighted by Crippen LogP contribution is 2.22. The molecule has 0 aliphatic rings. The maximum Gasteiger partial charge on any atom is 0.271 e. The molecule has 1 heterocycles. The Balaban J connectivity index is 1.50. The van der Waals surface area contributed by atoms with Crippen LogP contribution in [0.2, 0.25) is 0 Å². The third-order valence-electron chi connectivity index (χ3n) is 3.87. The van der Waals surface area contributed by atoms with Gasteiger partial charge in [-0.1, -0.05) is 36.4 Å². The lowest BCUT2D eigenvalue weighted by Gasteiger charge is -2.14. The van der Waals surface area contributed by atoms with Gasteiger partial charge in [0, 0.05) is 17.2 Å². The number of benzene rings is 2. The average Bonchev–Trinajstić information content (AvgIpc) is 3.32. The molecule has 0 unspecified atom stereocenters. The summed E-state index contributed by atoms with van der Waals surface area (Å²) in [5.41, 5.74) is 5.46. The predicted octanol–water partition coefficient (Wildman–Crippen LogP) is 3.45. The van der Waals surface area contributed by atoms with Crippen molar-refractivity contribution in [2.75, 3.05) is 17.0 Å². The van der Waals surface area contributed by atoms with Crippen molar-refractivity contribution in [3.8, 4) is 0 Å². The normalized spacial score (nSPS) is 10.8. The van der Waals surface area contributed by atoms with E-state index < -0.39 is 15.9 Å². The van der Waals surface area contributed by atoms with E-state index in [2.05, 4.69) is 20.9 Å². The second-order valence-corrected chi connectivity index (χ2v) is 10.5. The Morgan fingerprint density at radius 1 is 0.968 bits per heavy atom. The van der Waals surface area contributed by atoms with E-state index in [9.17, 15) is 13.2 Å². The van der Waals surface area contributed by atoms with Gasteiger partial charge in [-0.05, 0) is 47.9 Å². The van der Waals surface area contributed by atoms with Crippen LogP contribution in [-0.2, 0) is 10.0 Å². The molecule has 7 nitrogen and oxygen atoms in total. The first-order valence-electron chi connectivity index (χ1n) is 9.13. The van der Waals surface area contributed by atoms with Crippen LogP contribution in [0.15, 0.2) is 81.2 Å². The minimum atomic E-state index is -3.77. The van der Waals surface area contributed by atoms with Crippen molar-refractivity contribution < 1.29 is 13.2 Å². The molecule has 0 saturated heterocycles. The van der Waals surface area contributed by atoms with Crippen molar-refractivity contribution in [3.05, 3.63) is 77.7 Å². The first kappa shape index (κ1) is 23.1. The summed E-state index contributed by atoms with van der Waals surface area (Å²) in [6, 6.07) is 19.5. The zero-order valence-electron chi connectivity index (χ0n) is 16.2.